The van der Waals surface area contributed by atoms with Gasteiger partial charge in [-0.05, 0) is 77.5 Å². The summed E-state index contributed by atoms with van der Waals surface area (Å²) in [7, 11) is 0. The molecule has 8 heteroatoms. The van der Waals surface area contributed by atoms with Crippen LogP contribution in [-0.2, 0) is 20.7 Å². The van der Waals surface area contributed by atoms with E-state index in [-0.39, 0.29) is 31.0 Å². The van der Waals surface area contributed by atoms with Gasteiger partial charge >= 0.3 is 6.09 Å². The van der Waals surface area contributed by atoms with Crippen LogP contribution in [0, 0.1) is 12.7 Å². The number of nitrogens with two attached hydrogens (primary N) is 1. The number of carbonyl (C=O) groups excluding carboxylic acids is 3. The van der Waals surface area contributed by atoms with E-state index in [4.69, 9.17) is 15.2 Å². The summed E-state index contributed by atoms with van der Waals surface area (Å²) in [5.74, 6) is -0.685. The number of ether oxygens (including phenoxy) is 2. The van der Waals surface area contributed by atoms with Crippen molar-refractivity contribution in [2.75, 3.05) is 6.61 Å². The zero-order valence-corrected chi connectivity index (χ0v) is 19.9. The molecule has 0 aliphatic heterocycles. The summed E-state index contributed by atoms with van der Waals surface area (Å²) in [6, 6.07) is 2.78. The van der Waals surface area contributed by atoms with E-state index >= 15 is 4.39 Å². The van der Waals surface area contributed by atoms with Crippen molar-refractivity contribution >= 4 is 17.8 Å². The van der Waals surface area contributed by atoms with E-state index < -0.39 is 29.5 Å². The standard InChI is InChI=1S/C24H37FN2O5/c1-16-11-13-20(22(25)19(16)10-8-6-7-9-17(2)28)31-15-18(12-14-21(26)29)27-23(30)32-24(3,4)5/h11,13,18H,6-10,12,14-15H2,1-5H3,(H2,26,29)(H,27,30)/t18-/m0/s1. The number of ketones is 1. The van der Waals surface area contributed by atoms with Gasteiger partial charge in [0.15, 0.2) is 11.6 Å². The number of amides is 2. The molecule has 1 atom stereocenters. The van der Waals surface area contributed by atoms with Crippen LogP contribution >= 0.6 is 0 Å². The van der Waals surface area contributed by atoms with E-state index in [1.165, 1.54) is 0 Å². The number of nitrogens with one attached hydrogen (secondary N) is 1. The molecule has 3 N–H and O–H groups in total. The number of benzene rings is 1. The van der Waals surface area contributed by atoms with Crippen molar-refractivity contribution in [1.82, 2.24) is 5.32 Å². The molecule has 0 saturated carbocycles. The van der Waals surface area contributed by atoms with Crippen LogP contribution in [0.5, 0.6) is 5.75 Å². The number of aryl methyl sites for hydroxylation is 1. The van der Waals surface area contributed by atoms with Gasteiger partial charge in [0.2, 0.25) is 5.91 Å². The molecule has 180 valence electrons. The maximum Gasteiger partial charge on any atom is 0.407 e. The number of unbranched alkanes of at least 4 members (excludes halogenated alkanes) is 2. The Bertz CT molecular complexity index is 789. The minimum atomic E-state index is -0.679. The third kappa shape index (κ3) is 11.1. The molecule has 1 aromatic rings. The summed E-state index contributed by atoms with van der Waals surface area (Å²) in [6.07, 6.45) is 3.15. The van der Waals surface area contributed by atoms with Gasteiger partial charge in [0.05, 0.1) is 6.04 Å². The Labute approximate surface area is 190 Å². The van der Waals surface area contributed by atoms with E-state index in [9.17, 15) is 14.4 Å². The molecule has 0 unspecified atom stereocenters. The van der Waals surface area contributed by atoms with Crippen molar-refractivity contribution in [3.8, 4) is 5.75 Å². The molecular formula is C24H37FN2O5. The van der Waals surface area contributed by atoms with Gasteiger partial charge in [0.25, 0.3) is 0 Å². The van der Waals surface area contributed by atoms with Gasteiger partial charge in [-0.1, -0.05) is 12.5 Å². The van der Waals surface area contributed by atoms with Gasteiger partial charge in [0.1, 0.15) is 18.0 Å². The van der Waals surface area contributed by atoms with Crippen molar-refractivity contribution < 1.29 is 28.2 Å². The van der Waals surface area contributed by atoms with Crippen LogP contribution in [0.3, 0.4) is 0 Å². The topological polar surface area (TPSA) is 108 Å². The van der Waals surface area contributed by atoms with Crippen molar-refractivity contribution in [3.05, 3.63) is 29.1 Å². The lowest BCUT2D eigenvalue weighted by Crippen LogP contribution is -2.42. The summed E-state index contributed by atoms with van der Waals surface area (Å²) in [5.41, 5.74) is 5.96. The fraction of sp³-hybridized carbons (Fsp3) is 0.625. The lowest BCUT2D eigenvalue weighted by molar-refractivity contribution is -0.118. The van der Waals surface area contributed by atoms with Crippen molar-refractivity contribution in [2.45, 2.75) is 91.2 Å². The third-order valence-electron chi connectivity index (χ3n) is 4.80. The first-order chi connectivity index (χ1) is 14.9. The average Bonchev–Trinajstić information content (AvgIpc) is 2.65. The van der Waals surface area contributed by atoms with E-state index in [1.807, 2.05) is 6.92 Å². The first kappa shape index (κ1) is 27.4. The molecular weight excluding hydrogens is 415 g/mol. The molecule has 1 aromatic carbocycles. The lowest BCUT2D eigenvalue weighted by atomic mass is 10.0. The molecule has 0 heterocycles. The van der Waals surface area contributed by atoms with Crippen LogP contribution in [0.15, 0.2) is 12.1 Å². The van der Waals surface area contributed by atoms with Crippen LogP contribution in [-0.4, -0.2) is 36.0 Å². The minimum Gasteiger partial charge on any atom is -0.488 e. The summed E-state index contributed by atoms with van der Waals surface area (Å²) in [4.78, 5) is 34.3. The molecule has 1 rings (SSSR count). The Morgan fingerprint density at radius 1 is 1.12 bits per heavy atom. The maximum absolute atomic E-state index is 15.1. The van der Waals surface area contributed by atoms with Crippen LogP contribution in [0.1, 0.15) is 77.3 Å². The lowest BCUT2D eigenvalue weighted by Gasteiger charge is -2.24. The molecule has 0 spiro atoms. The monoisotopic (exact) mass is 452 g/mol. The van der Waals surface area contributed by atoms with Crippen LogP contribution in [0.4, 0.5) is 9.18 Å². The third-order valence-corrected chi connectivity index (χ3v) is 4.80. The Hall–Kier alpha value is -2.64. The normalized spacial score (nSPS) is 12.2. The second kappa shape index (κ2) is 13.0. The quantitative estimate of drug-likeness (QED) is 0.432. The summed E-state index contributed by atoms with van der Waals surface area (Å²) in [6.45, 7) is 8.60. The summed E-state index contributed by atoms with van der Waals surface area (Å²) < 4.78 is 26.0. The highest BCUT2D eigenvalue weighted by atomic mass is 19.1. The van der Waals surface area contributed by atoms with Crippen molar-refractivity contribution in [3.63, 3.8) is 0 Å². The predicted octanol–water partition coefficient (Wildman–Crippen LogP) is 4.36. The summed E-state index contributed by atoms with van der Waals surface area (Å²) in [5, 5.41) is 2.66. The van der Waals surface area contributed by atoms with Gasteiger partial charge < -0.3 is 25.3 Å². The molecule has 0 aromatic heterocycles. The van der Waals surface area contributed by atoms with Crippen LogP contribution in [0.25, 0.3) is 0 Å². The molecule has 7 nitrogen and oxygen atoms in total. The van der Waals surface area contributed by atoms with Crippen LogP contribution in [0.2, 0.25) is 0 Å². The fourth-order valence-corrected chi connectivity index (χ4v) is 3.15. The number of primary amides is 1. The zero-order chi connectivity index (χ0) is 24.3. The molecule has 0 radical (unpaired) electrons. The second-order valence-corrected chi connectivity index (χ2v) is 9.09. The number of rotatable bonds is 13. The van der Waals surface area contributed by atoms with Crippen molar-refractivity contribution in [1.29, 1.82) is 0 Å². The molecule has 0 aliphatic rings. The van der Waals surface area contributed by atoms with E-state index in [0.717, 1.165) is 24.8 Å². The minimum absolute atomic E-state index is 0.0371. The van der Waals surface area contributed by atoms with Gasteiger partial charge in [-0.2, -0.15) is 0 Å². The maximum atomic E-state index is 15.1. The summed E-state index contributed by atoms with van der Waals surface area (Å²) >= 11 is 0. The van der Waals surface area contributed by atoms with Gasteiger partial charge in [-0.25, -0.2) is 9.18 Å². The van der Waals surface area contributed by atoms with Crippen LogP contribution < -0.4 is 15.8 Å². The number of halogens is 1. The first-order valence-electron chi connectivity index (χ1n) is 11.1. The highest BCUT2D eigenvalue weighted by molar-refractivity contribution is 5.75. The predicted molar refractivity (Wildman–Crippen MR) is 121 cm³/mol. The number of hydrogen-bond acceptors (Lipinski definition) is 5. The Kier molecular flexibility index (Phi) is 11.2. The highest BCUT2D eigenvalue weighted by Crippen LogP contribution is 2.26. The van der Waals surface area contributed by atoms with Gasteiger partial charge in [-0.15, -0.1) is 0 Å². The molecule has 0 fully saturated rings. The number of alkyl carbamates (subject to hydrolysis) is 1. The average molecular weight is 453 g/mol. The smallest absolute Gasteiger partial charge is 0.407 e. The molecule has 32 heavy (non-hydrogen) atoms. The molecule has 2 amide bonds. The Morgan fingerprint density at radius 2 is 1.81 bits per heavy atom. The largest absolute Gasteiger partial charge is 0.488 e. The fourth-order valence-electron chi connectivity index (χ4n) is 3.15. The van der Waals surface area contributed by atoms with E-state index in [2.05, 4.69) is 5.32 Å². The van der Waals surface area contributed by atoms with E-state index in [0.29, 0.717) is 18.4 Å². The zero-order valence-electron chi connectivity index (χ0n) is 19.9. The highest BCUT2D eigenvalue weighted by Gasteiger charge is 2.21. The second-order valence-electron chi connectivity index (χ2n) is 9.09. The molecule has 0 aliphatic carbocycles. The number of Topliss-reactive ketones (excluding diaryl/α,β-unsaturated/α-hetero) is 1. The van der Waals surface area contributed by atoms with Gasteiger partial charge in [0, 0.05) is 12.8 Å². The number of hydrogen-bond donors (Lipinski definition) is 2. The Morgan fingerprint density at radius 3 is 2.41 bits per heavy atom. The SMILES string of the molecule is CC(=O)CCCCCc1c(C)ccc(OC[C@H](CCC(N)=O)NC(=O)OC(C)(C)C)c1F. The number of carbonyl (C=O) groups is 3. The Balaban J connectivity index is 2.77. The van der Waals surface area contributed by atoms with Crippen molar-refractivity contribution in [2.24, 2.45) is 5.73 Å². The van der Waals surface area contributed by atoms with Gasteiger partial charge in [-0.3, -0.25) is 4.79 Å². The molecule has 0 saturated heterocycles. The first-order valence-corrected chi connectivity index (χ1v) is 11.1. The molecule has 0 bridgehead atoms. The van der Waals surface area contributed by atoms with E-state index in [1.54, 1.807) is 39.8 Å².